The second-order valence-corrected chi connectivity index (χ2v) is 5.37. The van der Waals surface area contributed by atoms with Gasteiger partial charge < -0.3 is 10.3 Å². The first kappa shape index (κ1) is 16.5. The molecule has 0 unspecified atom stereocenters. The van der Waals surface area contributed by atoms with Crippen LogP contribution in [-0.4, -0.2) is 40.4 Å². The maximum absolute atomic E-state index is 12.1. The predicted octanol–water partition coefficient (Wildman–Crippen LogP) is 1.53. The third kappa shape index (κ3) is 4.05. The van der Waals surface area contributed by atoms with Crippen molar-refractivity contribution in [3.63, 3.8) is 0 Å². The molecular formula is C15H19ClN4O2. The molecule has 0 fully saturated rings. The third-order valence-corrected chi connectivity index (χ3v) is 3.51. The van der Waals surface area contributed by atoms with E-state index in [1.807, 2.05) is 18.7 Å². The molecular weight excluding hydrogens is 304 g/mol. The van der Waals surface area contributed by atoms with Gasteiger partial charge in [0.1, 0.15) is 5.82 Å². The van der Waals surface area contributed by atoms with Crippen LogP contribution < -0.4 is 10.9 Å². The summed E-state index contributed by atoms with van der Waals surface area (Å²) in [6.07, 6.45) is 0. The number of carbonyl (C=O) groups excluding carboxylic acids is 1. The quantitative estimate of drug-likeness (QED) is 0.845. The van der Waals surface area contributed by atoms with Crippen molar-refractivity contribution in [2.24, 2.45) is 0 Å². The molecule has 7 heteroatoms. The summed E-state index contributed by atoms with van der Waals surface area (Å²) in [6, 6.07) is 4.98. The second-order valence-electron chi connectivity index (χ2n) is 4.93. The zero-order valence-electron chi connectivity index (χ0n) is 12.6. The lowest BCUT2D eigenvalue weighted by Crippen LogP contribution is -2.37. The van der Waals surface area contributed by atoms with Gasteiger partial charge in [-0.25, -0.2) is 4.98 Å². The number of rotatable bonds is 6. The molecule has 0 saturated heterocycles. The Morgan fingerprint density at radius 1 is 1.41 bits per heavy atom. The molecule has 0 spiro atoms. The van der Waals surface area contributed by atoms with Gasteiger partial charge >= 0.3 is 0 Å². The third-order valence-electron chi connectivity index (χ3n) is 3.28. The summed E-state index contributed by atoms with van der Waals surface area (Å²) in [5.41, 5.74) is 0.353. The molecule has 0 aliphatic carbocycles. The highest BCUT2D eigenvalue weighted by Gasteiger charge is 2.11. The average molecular weight is 323 g/mol. The van der Waals surface area contributed by atoms with E-state index in [2.05, 4.69) is 15.3 Å². The Morgan fingerprint density at radius 2 is 2.18 bits per heavy atom. The van der Waals surface area contributed by atoms with Crippen LogP contribution in [0.1, 0.15) is 19.7 Å². The van der Waals surface area contributed by atoms with Crippen LogP contribution in [0.2, 0.25) is 5.02 Å². The molecule has 0 aliphatic rings. The molecule has 1 aromatic carbocycles. The number of carbonyl (C=O) groups is 1. The number of nitrogens with zero attached hydrogens (tertiary/aromatic N) is 2. The van der Waals surface area contributed by atoms with Gasteiger partial charge in [0.25, 0.3) is 5.56 Å². The molecule has 1 heterocycles. The Labute approximate surface area is 133 Å². The van der Waals surface area contributed by atoms with Crippen molar-refractivity contribution in [2.75, 3.05) is 19.6 Å². The van der Waals surface area contributed by atoms with Crippen LogP contribution in [0.15, 0.2) is 23.0 Å². The van der Waals surface area contributed by atoms with E-state index < -0.39 is 0 Å². The summed E-state index contributed by atoms with van der Waals surface area (Å²) in [6.45, 7) is 5.76. The normalized spacial score (nSPS) is 11.1. The van der Waals surface area contributed by atoms with E-state index in [0.717, 1.165) is 0 Å². The summed E-state index contributed by atoms with van der Waals surface area (Å²) in [7, 11) is 0. The minimum atomic E-state index is -0.203. The van der Waals surface area contributed by atoms with Gasteiger partial charge in [0.15, 0.2) is 0 Å². The molecule has 1 aromatic heterocycles. The van der Waals surface area contributed by atoms with E-state index in [1.165, 1.54) is 0 Å². The molecule has 118 valence electrons. The summed E-state index contributed by atoms with van der Waals surface area (Å²) < 4.78 is 0. The standard InChI is InChI=1S/C15H19ClN4O2/c1-3-17-14(21)9-20(4-2)8-13-18-12-7-10(16)5-6-11(12)15(22)19-13/h5-7H,3-4,8-9H2,1-2H3,(H,17,21)(H,18,19,22). The number of benzene rings is 1. The van der Waals surface area contributed by atoms with Gasteiger partial charge in [-0.05, 0) is 31.7 Å². The topological polar surface area (TPSA) is 78.1 Å². The van der Waals surface area contributed by atoms with E-state index in [9.17, 15) is 9.59 Å². The van der Waals surface area contributed by atoms with Crippen LogP contribution in [0.4, 0.5) is 0 Å². The van der Waals surface area contributed by atoms with E-state index in [1.54, 1.807) is 18.2 Å². The Morgan fingerprint density at radius 3 is 2.86 bits per heavy atom. The first-order chi connectivity index (χ1) is 10.5. The molecule has 22 heavy (non-hydrogen) atoms. The number of likely N-dealkylation sites (N-methyl/N-ethyl adjacent to an activating group) is 2. The largest absolute Gasteiger partial charge is 0.355 e. The van der Waals surface area contributed by atoms with Crippen molar-refractivity contribution in [3.05, 3.63) is 39.4 Å². The van der Waals surface area contributed by atoms with E-state index >= 15 is 0 Å². The minimum absolute atomic E-state index is 0.0458. The number of halogens is 1. The fraction of sp³-hybridized carbons (Fsp3) is 0.400. The maximum Gasteiger partial charge on any atom is 0.258 e. The molecule has 2 aromatic rings. The Kier molecular flexibility index (Phi) is 5.51. The number of amides is 1. The molecule has 0 aliphatic heterocycles. The van der Waals surface area contributed by atoms with E-state index in [-0.39, 0.29) is 18.0 Å². The van der Waals surface area contributed by atoms with Crippen molar-refractivity contribution < 1.29 is 4.79 Å². The van der Waals surface area contributed by atoms with Gasteiger partial charge in [0, 0.05) is 11.6 Å². The second kappa shape index (κ2) is 7.38. The highest BCUT2D eigenvalue weighted by molar-refractivity contribution is 6.31. The molecule has 0 saturated carbocycles. The van der Waals surface area contributed by atoms with Gasteiger partial charge in [0.2, 0.25) is 5.91 Å². The molecule has 0 atom stereocenters. The van der Waals surface area contributed by atoms with Crippen LogP contribution in [0.25, 0.3) is 10.9 Å². The van der Waals surface area contributed by atoms with Gasteiger partial charge in [-0.2, -0.15) is 0 Å². The molecule has 2 N–H and O–H groups in total. The number of H-pyrrole nitrogens is 1. The molecule has 6 nitrogen and oxygen atoms in total. The van der Waals surface area contributed by atoms with Crippen LogP contribution >= 0.6 is 11.6 Å². The smallest absolute Gasteiger partial charge is 0.258 e. The fourth-order valence-corrected chi connectivity index (χ4v) is 2.35. The first-order valence-corrected chi connectivity index (χ1v) is 7.58. The van der Waals surface area contributed by atoms with Crippen molar-refractivity contribution in [1.82, 2.24) is 20.2 Å². The lowest BCUT2D eigenvalue weighted by molar-refractivity contribution is -0.122. The number of fused-ring (bicyclic) bond motifs is 1. The van der Waals surface area contributed by atoms with Crippen LogP contribution in [0.5, 0.6) is 0 Å². The Hall–Kier alpha value is -1.92. The molecule has 1 amide bonds. The van der Waals surface area contributed by atoms with Crippen molar-refractivity contribution >= 4 is 28.4 Å². The van der Waals surface area contributed by atoms with Gasteiger partial charge in [-0.3, -0.25) is 14.5 Å². The van der Waals surface area contributed by atoms with Gasteiger partial charge in [-0.1, -0.05) is 18.5 Å². The Balaban J connectivity index is 2.22. The zero-order valence-corrected chi connectivity index (χ0v) is 13.4. The molecule has 2 rings (SSSR count). The predicted molar refractivity (Wildman–Crippen MR) is 87.0 cm³/mol. The molecule has 0 radical (unpaired) electrons. The van der Waals surface area contributed by atoms with Crippen molar-refractivity contribution in [1.29, 1.82) is 0 Å². The van der Waals surface area contributed by atoms with Gasteiger partial charge in [-0.15, -0.1) is 0 Å². The average Bonchev–Trinajstić information content (AvgIpc) is 2.46. The van der Waals surface area contributed by atoms with E-state index in [0.29, 0.717) is 41.4 Å². The number of hydrogen-bond acceptors (Lipinski definition) is 4. The number of nitrogens with one attached hydrogen (secondary N) is 2. The van der Waals surface area contributed by atoms with Crippen molar-refractivity contribution in [2.45, 2.75) is 20.4 Å². The van der Waals surface area contributed by atoms with E-state index in [4.69, 9.17) is 11.6 Å². The highest BCUT2D eigenvalue weighted by Crippen LogP contribution is 2.14. The number of aromatic amines is 1. The summed E-state index contributed by atoms with van der Waals surface area (Å²) >= 11 is 5.94. The Bertz CT molecular complexity index is 729. The van der Waals surface area contributed by atoms with Crippen molar-refractivity contribution in [3.8, 4) is 0 Å². The number of hydrogen-bond donors (Lipinski definition) is 2. The lowest BCUT2D eigenvalue weighted by Gasteiger charge is -2.19. The first-order valence-electron chi connectivity index (χ1n) is 7.21. The SMILES string of the molecule is CCNC(=O)CN(CC)Cc1nc2cc(Cl)ccc2c(=O)[nH]1. The van der Waals surface area contributed by atoms with Gasteiger partial charge in [0.05, 0.1) is 24.0 Å². The summed E-state index contributed by atoms with van der Waals surface area (Å²) in [5.74, 6) is 0.474. The summed E-state index contributed by atoms with van der Waals surface area (Å²) in [4.78, 5) is 32.8. The minimum Gasteiger partial charge on any atom is -0.355 e. The van der Waals surface area contributed by atoms with Crippen LogP contribution in [0, 0.1) is 0 Å². The lowest BCUT2D eigenvalue weighted by atomic mass is 10.2. The zero-order chi connectivity index (χ0) is 16.1. The monoisotopic (exact) mass is 322 g/mol. The maximum atomic E-state index is 12.1. The van der Waals surface area contributed by atoms with Crippen LogP contribution in [0.3, 0.4) is 0 Å². The summed E-state index contributed by atoms with van der Waals surface area (Å²) in [5, 5.41) is 3.79. The molecule has 0 bridgehead atoms. The highest BCUT2D eigenvalue weighted by atomic mass is 35.5. The fourth-order valence-electron chi connectivity index (χ4n) is 2.18. The number of aromatic nitrogens is 2. The van der Waals surface area contributed by atoms with Crippen LogP contribution in [-0.2, 0) is 11.3 Å².